The molecular weight excluding hydrogens is 323 g/mol. The van der Waals surface area contributed by atoms with Crippen LogP contribution < -0.4 is 0 Å². The molecule has 4 heavy (non-hydrogen) atoms. The van der Waals surface area contributed by atoms with Crippen LogP contribution in [-0.4, -0.2) is 43.2 Å². The molecule has 0 aromatic heterocycles. The zero-order chi connectivity index (χ0) is 2.00. The Morgan fingerprint density at radius 2 is 1.25 bits per heavy atom. The summed E-state index contributed by atoms with van der Waals surface area (Å²) in [5, 5.41) is 0. The van der Waals surface area contributed by atoms with Gasteiger partial charge in [0.25, 0.3) is 0 Å². The van der Waals surface area contributed by atoms with Gasteiger partial charge >= 0.3 is 44.9 Å². The first-order valence-electron chi connectivity index (χ1n) is 0.316. The van der Waals surface area contributed by atoms with Crippen LogP contribution >= 0.6 is 0 Å². The van der Waals surface area contributed by atoms with Gasteiger partial charge in [0.1, 0.15) is 0 Å². The fourth-order valence-electron chi connectivity index (χ4n) is 0. The minimum absolute atomic E-state index is 0. The van der Waals surface area contributed by atoms with Crippen LogP contribution in [0.5, 0.6) is 0 Å². The number of hydrogen-bond donors (Lipinski definition) is 0. The van der Waals surface area contributed by atoms with Crippen LogP contribution in [0.25, 0.3) is 0 Å². The summed E-state index contributed by atoms with van der Waals surface area (Å²) in [6.07, 6.45) is 0. The quantitative estimate of drug-likeness (QED) is 0.399. The molecule has 4 heteroatoms. The van der Waals surface area contributed by atoms with Crippen molar-refractivity contribution in [3.05, 3.63) is 0 Å². The zero-order valence-electron chi connectivity index (χ0n) is 1.32. The van der Waals surface area contributed by atoms with E-state index >= 15 is 0 Å². The average Bonchev–Trinajstić information content (AvgIpc) is 1.00. The summed E-state index contributed by atoms with van der Waals surface area (Å²) in [5.74, 6) is 0. The fourth-order valence-corrected chi connectivity index (χ4v) is 0. The van der Waals surface area contributed by atoms with Crippen molar-refractivity contribution in [2.45, 2.75) is 0 Å². The van der Waals surface area contributed by atoms with Gasteiger partial charge < -0.3 is 0 Å². The molecule has 0 atom stereocenters. The Bertz CT molecular complexity index is 8.00. The third kappa shape index (κ3) is 9.01. The second kappa shape index (κ2) is 20.1. The topological polar surface area (TPSA) is 0 Å². The molecule has 0 N–H and O–H groups in total. The Kier molecular flexibility index (Phi) is 84.0. The van der Waals surface area contributed by atoms with E-state index < -0.39 is 0 Å². The van der Waals surface area contributed by atoms with Crippen molar-refractivity contribution < 1.29 is 19.1 Å². The molecule has 0 aromatic carbocycles. The first-order valence-corrected chi connectivity index (χ1v) is 7.77. The molecule has 0 radical (unpaired) electrons. The van der Waals surface area contributed by atoms with E-state index in [1.807, 2.05) is 0 Å². The fraction of sp³-hybridized carbons (Fsp3) is 0. The molecule has 0 spiro atoms. The van der Waals surface area contributed by atoms with Gasteiger partial charge in [0.05, 0.1) is 0 Å². The van der Waals surface area contributed by atoms with E-state index in [-0.39, 0.29) is 35.0 Å². The van der Waals surface area contributed by atoms with Crippen LogP contribution in [0.1, 0.15) is 0 Å². The first-order chi connectivity index (χ1) is 1.00. The first kappa shape index (κ1) is 16.7. The average molecular weight is 333 g/mol. The summed E-state index contributed by atoms with van der Waals surface area (Å²) in [6.45, 7) is 0. The molecule has 0 fully saturated rings. The Morgan fingerprint density at radius 3 is 1.25 bits per heavy atom. The molecule has 0 rings (SSSR count). The Balaban J connectivity index is -0.00000000500. The Hall–Kier alpha value is 1.98. The molecular formula is H10AlGePtSi. The Morgan fingerprint density at radius 1 is 1.25 bits per heavy atom. The molecule has 0 nitrogen and oxygen atoms in total. The second-order valence-corrected chi connectivity index (χ2v) is 0. The van der Waals surface area contributed by atoms with E-state index in [2.05, 4.69) is 19.1 Å². The van der Waals surface area contributed by atoms with Crippen molar-refractivity contribution in [2.24, 2.45) is 0 Å². The molecule has 0 saturated carbocycles. The van der Waals surface area contributed by atoms with Crippen molar-refractivity contribution in [3.8, 4) is 0 Å². The number of rotatable bonds is 0. The summed E-state index contributed by atoms with van der Waals surface area (Å²) in [5.41, 5.74) is 0. The van der Waals surface area contributed by atoms with Crippen LogP contribution in [0.2, 0.25) is 0 Å². The van der Waals surface area contributed by atoms with Crippen molar-refractivity contribution in [3.63, 3.8) is 0 Å². The standard InChI is InChI=1S/Al.GeH4.Pt.H3Si.3H/h;1H4;;1H3;;;. The summed E-state index contributed by atoms with van der Waals surface area (Å²) in [7, 11) is 1.28. The predicted octanol–water partition coefficient (Wildman–Crippen LogP) is -3.82. The SMILES string of the molecule is [AlH3].[GeH4].[SiH3][Pt]. The summed E-state index contributed by atoms with van der Waals surface area (Å²) >= 11 is 2.28. The van der Waals surface area contributed by atoms with Crippen molar-refractivity contribution in [1.82, 2.24) is 0 Å². The van der Waals surface area contributed by atoms with E-state index in [1.54, 1.807) is 0 Å². The molecule has 0 aliphatic heterocycles. The van der Waals surface area contributed by atoms with Gasteiger partial charge in [-0.3, -0.25) is 0 Å². The maximum absolute atomic E-state index is 2.28. The number of hydrogen-bond acceptors (Lipinski definition) is 0. The second-order valence-electron chi connectivity index (χ2n) is 0. The Labute approximate surface area is 61.8 Å². The van der Waals surface area contributed by atoms with E-state index in [0.29, 0.717) is 0 Å². The van der Waals surface area contributed by atoms with Gasteiger partial charge in [-0.25, -0.2) is 0 Å². The van der Waals surface area contributed by atoms with Gasteiger partial charge in [0.15, 0.2) is 17.4 Å². The third-order valence-electron chi connectivity index (χ3n) is 0. The molecule has 0 saturated heterocycles. The van der Waals surface area contributed by atoms with E-state index in [1.165, 1.54) is 8.21 Å². The zero-order valence-corrected chi connectivity index (χ0v) is 5.59. The molecule has 0 aliphatic rings. The van der Waals surface area contributed by atoms with Gasteiger partial charge in [-0.05, 0) is 0 Å². The van der Waals surface area contributed by atoms with Crippen LogP contribution in [0, 0.1) is 0 Å². The third-order valence-corrected chi connectivity index (χ3v) is 0. The van der Waals surface area contributed by atoms with E-state index in [0.717, 1.165) is 0 Å². The van der Waals surface area contributed by atoms with Gasteiger partial charge in [0, 0.05) is 0 Å². The van der Waals surface area contributed by atoms with E-state index in [9.17, 15) is 0 Å². The van der Waals surface area contributed by atoms with Crippen molar-refractivity contribution >= 4 is 43.2 Å². The van der Waals surface area contributed by atoms with Crippen LogP contribution in [0.4, 0.5) is 0 Å². The molecule has 0 amide bonds. The van der Waals surface area contributed by atoms with Crippen molar-refractivity contribution in [2.75, 3.05) is 0 Å². The molecule has 0 aromatic rings. The molecule has 0 unspecified atom stereocenters. The summed E-state index contributed by atoms with van der Waals surface area (Å²) < 4.78 is 0. The van der Waals surface area contributed by atoms with Crippen molar-refractivity contribution in [1.29, 1.82) is 0 Å². The monoisotopic (exact) mass is 334 g/mol. The van der Waals surface area contributed by atoms with Crippen LogP contribution in [0.3, 0.4) is 0 Å². The van der Waals surface area contributed by atoms with Crippen LogP contribution in [-0.2, 0) is 19.1 Å². The van der Waals surface area contributed by atoms with Gasteiger partial charge in [-0.15, -0.1) is 0 Å². The summed E-state index contributed by atoms with van der Waals surface area (Å²) in [6, 6.07) is 0. The van der Waals surface area contributed by atoms with Gasteiger partial charge in [-0.2, -0.15) is 0 Å². The van der Waals surface area contributed by atoms with Gasteiger partial charge in [0.2, 0.25) is 0 Å². The normalized spacial score (nSPS) is 2.50. The maximum atomic E-state index is 2.28. The molecule has 0 aliphatic carbocycles. The molecule has 0 bridgehead atoms. The van der Waals surface area contributed by atoms with Gasteiger partial charge in [-0.1, -0.05) is 0 Å². The molecule has 0 heterocycles. The van der Waals surface area contributed by atoms with Crippen LogP contribution in [0.15, 0.2) is 0 Å². The predicted molar refractivity (Wildman–Crippen MR) is 31.2 cm³/mol. The minimum atomic E-state index is 0. The van der Waals surface area contributed by atoms with E-state index in [4.69, 9.17) is 0 Å². The summed E-state index contributed by atoms with van der Waals surface area (Å²) in [4.78, 5) is 0. The molecule has 31 valence electrons.